The van der Waals surface area contributed by atoms with Crippen LogP contribution in [0.3, 0.4) is 0 Å². The van der Waals surface area contributed by atoms with Crippen LogP contribution >= 0.6 is 0 Å². The minimum atomic E-state index is -0.976. The molecule has 0 unspecified atom stereocenters. The van der Waals surface area contributed by atoms with E-state index < -0.39 is 35.8 Å². The van der Waals surface area contributed by atoms with E-state index in [4.69, 9.17) is 14.2 Å². The van der Waals surface area contributed by atoms with Gasteiger partial charge in [0.2, 0.25) is 0 Å². The van der Waals surface area contributed by atoms with E-state index in [1.165, 1.54) is 32.4 Å². The smallest absolute Gasteiger partial charge is 0.328 e. The van der Waals surface area contributed by atoms with Crippen LogP contribution in [0.25, 0.3) is 0 Å². The number of carbonyl (C=O) groups is 4. The monoisotopic (exact) mass is 594 g/mol. The normalized spacial score (nSPS) is 11.9. The number of esters is 2. The lowest BCUT2D eigenvalue weighted by atomic mass is 10.0. The average Bonchev–Trinajstić information content (AvgIpc) is 3.07. The zero-order valence-corrected chi connectivity index (χ0v) is 24.5. The van der Waals surface area contributed by atoms with Gasteiger partial charge in [-0.05, 0) is 34.9 Å². The van der Waals surface area contributed by atoms with Crippen molar-refractivity contribution in [2.45, 2.75) is 31.5 Å². The van der Waals surface area contributed by atoms with Crippen LogP contribution in [0.5, 0.6) is 5.75 Å². The molecule has 0 aromatic heterocycles. The standard InChI is InChI=1S/C35H34N2O7/c1-42-34(40)30(18-24-12-6-3-7-13-24)36-32(38)27-20-28(22-29(21-27)44-23-26-16-10-5-11-17-26)33(39)37-31(35(41)43-2)19-25-14-8-4-9-15-25/h3-17,20-22,30-31H,18-19,23H2,1-2H3,(H,36,38)(H,37,39)/t30-,31-/m0/s1. The first kappa shape index (κ1) is 31.5. The zero-order chi connectivity index (χ0) is 31.3. The molecule has 4 rings (SSSR count). The third-order valence-corrected chi connectivity index (χ3v) is 6.83. The molecule has 0 spiro atoms. The molecule has 0 fully saturated rings. The summed E-state index contributed by atoms with van der Waals surface area (Å²) >= 11 is 0. The summed E-state index contributed by atoms with van der Waals surface area (Å²) in [6.45, 7) is 0.185. The summed E-state index contributed by atoms with van der Waals surface area (Å²) in [6, 6.07) is 30.3. The molecule has 0 aliphatic heterocycles. The number of ether oxygens (including phenoxy) is 3. The van der Waals surface area contributed by atoms with Crippen LogP contribution < -0.4 is 15.4 Å². The third-order valence-electron chi connectivity index (χ3n) is 6.83. The fourth-order valence-electron chi connectivity index (χ4n) is 4.54. The van der Waals surface area contributed by atoms with E-state index in [-0.39, 0.29) is 36.3 Å². The zero-order valence-electron chi connectivity index (χ0n) is 24.5. The van der Waals surface area contributed by atoms with Gasteiger partial charge >= 0.3 is 11.9 Å². The third kappa shape index (κ3) is 9.03. The summed E-state index contributed by atoms with van der Waals surface area (Å²) in [5, 5.41) is 5.45. The van der Waals surface area contributed by atoms with Gasteiger partial charge in [-0.3, -0.25) is 9.59 Å². The van der Waals surface area contributed by atoms with Crippen molar-refractivity contribution in [3.8, 4) is 5.75 Å². The Bertz CT molecular complexity index is 1470. The van der Waals surface area contributed by atoms with Gasteiger partial charge < -0.3 is 24.8 Å². The van der Waals surface area contributed by atoms with Crippen molar-refractivity contribution in [2.24, 2.45) is 0 Å². The molecule has 0 radical (unpaired) electrons. The summed E-state index contributed by atoms with van der Waals surface area (Å²) in [7, 11) is 2.50. The molecule has 2 amide bonds. The molecular weight excluding hydrogens is 560 g/mol. The first-order chi connectivity index (χ1) is 21.4. The van der Waals surface area contributed by atoms with Crippen LogP contribution in [0.2, 0.25) is 0 Å². The van der Waals surface area contributed by atoms with E-state index in [0.717, 1.165) is 16.7 Å². The Labute approximate surface area is 256 Å². The van der Waals surface area contributed by atoms with Crippen LogP contribution in [-0.4, -0.2) is 50.1 Å². The van der Waals surface area contributed by atoms with Gasteiger partial charge in [0.05, 0.1) is 14.2 Å². The van der Waals surface area contributed by atoms with E-state index in [1.54, 1.807) is 0 Å². The Morgan fingerprint density at radius 2 is 0.955 bits per heavy atom. The first-order valence-corrected chi connectivity index (χ1v) is 14.0. The highest BCUT2D eigenvalue weighted by Gasteiger charge is 2.26. The molecule has 0 bridgehead atoms. The molecule has 9 heteroatoms. The average molecular weight is 595 g/mol. The quantitative estimate of drug-likeness (QED) is 0.222. The second kappa shape index (κ2) is 15.7. The molecule has 44 heavy (non-hydrogen) atoms. The van der Waals surface area contributed by atoms with Crippen molar-refractivity contribution < 1.29 is 33.4 Å². The molecular formula is C35H34N2O7. The number of amides is 2. The summed E-state index contributed by atoms with van der Waals surface area (Å²) in [5.74, 6) is -2.19. The Balaban J connectivity index is 1.61. The van der Waals surface area contributed by atoms with Crippen molar-refractivity contribution in [1.29, 1.82) is 0 Å². The minimum Gasteiger partial charge on any atom is -0.489 e. The lowest BCUT2D eigenvalue weighted by Crippen LogP contribution is -2.44. The maximum Gasteiger partial charge on any atom is 0.328 e. The first-order valence-electron chi connectivity index (χ1n) is 14.0. The fraction of sp³-hybridized carbons (Fsp3) is 0.200. The number of methoxy groups -OCH3 is 2. The maximum atomic E-state index is 13.5. The lowest BCUT2D eigenvalue weighted by molar-refractivity contribution is -0.143. The Morgan fingerprint density at radius 3 is 1.34 bits per heavy atom. The van der Waals surface area contributed by atoms with Gasteiger partial charge in [0.15, 0.2) is 0 Å². The SMILES string of the molecule is COC(=O)[C@H](Cc1ccccc1)NC(=O)c1cc(OCc2ccccc2)cc(C(=O)N[C@@H](Cc2ccccc2)C(=O)OC)c1. The number of nitrogens with one attached hydrogen (secondary N) is 2. The molecule has 4 aromatic rings. The predicted octanol–water partition coefficient (Wildman–Crippen LogP) is 4.29. The molecule has 0 aliphatic rings. The Hall–Kier alpha value is -5.44. The highest BCUT2D eigenvalue weighted by atomic mass is 16.5. The van der Waals surface area contributed by atoms with Crippen LogP contribution in [0.15, 0.2) is 109 Å². The van der Waals surface area contributed by atoms with E-state index in [1.807, 2.05) is 91.0 Å². The van der Waals surface area contributed by atoms with Gasteiger partial charge in [-0.2, -0.15) is 0 Å². The van der Waals surface area contributed by atoms with Crippen LogP contribution in [0, 0.1) is 0 Å². The molecule has 2 N–H and O–H groups in total. The van der Waals surface area contributed by atoms with Crippen LogP contribution in [-0.2, 0) is 38.5 Å². The van der Waals surface area contributed by atoms with E-state index >= 15 is 0 Å². The second-order valence-electron chi connectivity index (χ2n) is 10.00. The van der Waals surface area contributed by atoms with E-state index in [9.17, 15) is 19.2 Å². The largest absolute Gasteiger partial charge is 0.489 e. The summed E-state index contributed by atoms with van der Waals surface area (Å²) in [5.41, 5.74) is 2.71. The number of rotatable bonds is 13. The number of benzene rings is 4. The lowest BCUT2D eigenvalue weighted by Gasteiger charge is -2.19. The highest BCUT2D eigenvalue weighted by molar-refractivity contribution is 6.02. The minimum absolute atomic E-state index is 0.0837. The summed E-state index contributed by atoms with van der Waals surface area (Å²) in [6.07, 6.45) is 0.411. The second-order valence-corrected chi connectivity index (χ2v) is 10.00. The van der Waals surface area contributed by atoms with Gasteiger partial charge in [-0.1, -0.05) is 91.0 Å². The molecule has 9 nitrogen and oxygen atoms in total. The van der Waals surface area contributed by atoms with Gasteiger partial charge in [-0.15, -0.1) is 0 Å². The summed E-state index contributed by atoms with van der Waals surface area (Å²) in [4.78, 5) is 52.2. The number of hydrogen-bond acceptors (Lipinski definition) is 7. The van der Waals surface area contributed by atoms with Crippen LogP contribution in [0.4, 0.5) is 0 Å². The predicted molar refractivity (Wildman–Crippen MR) is 164 cm³/mol. The Kier molecular flexibility index (Phi) is 11.2. The number of hydrogen-bond donors (Lipinski definition) is 2. The number of carbonyl (C=O) groups excluding carboxylic acids is 4. The van der Waals surface area contributed by atoms with E-state index in [0.29, 0.717) is 0 Å². The van der Waals surface area contributed by atoms with Crippen molar-refractivity contribution >= 4 is 23.8 Å². The van der Waals surface area contributed by atoms with Crippen molar-refractivity contribution in [2.75, 3.05) is 14.2 Å². The molecule has 4 aromatic carbocycles. The van der Waals surface area contributed by atoms with Gasteiger partial charge in [0.1, 0.15) is 24.4 Å². The van der Waals surface area contributed by atoms with Gasteiger partial charge in [0.25, 0.3) is 11.8 Å². The van der Waals surface area contributed by atoms with E-state index in [2.05, 4.69) is 10.6 Å². The molecule has 0 saturated carbocycles. The maximum absolute atomic E-state index is 13.5. The fourth-order valence-corrected chi connectivity index (χ4v) is 4.54. The highest BCUT2D eigenvalue weighted by Crippen LogP contribution is 2.20. The molecule has 2 atom stereocenters. The summed E-state index contributed by atoms with van der Waals surface area (Å²) < 4.78 is 15.8. The van der Waals surface area contributed by atoms with Gasteiger partial charge in [0, 0.05) is 24.0 Å². The van der Waals surface area contributed by atoms with Crippen molar-refractivity contribution in [1.82, 2.24) is 10.6 Å². The molecule has 226 valence electrons. The van der Waals surface area contributed by atoms with Crippen molar-refractivity contribution in [3.05, 3.63) is 137 Å². The Morgan fingerprint density at radius 1 is 0.568 bits per heavy atom. The van der Waals surface area contributed by atoms with Crippen LogP contribution in [0.1, 0.15) is 37.4 Å². The van der Waals surface area contributed by atoms with Gasteiger partial charge in [-0.25, -0.2) is 9.59 Å². The molecule has 0 saturated heterocycles. The molecule has 0 aliphatic carbocycles. The topological polar surface area (TPSA) is 120 Å². The molecule has 0 heterocycles. The van der Waals surface area contributed by atoms with Crippen molar-refractivity contribution in [3.63, 3.8) is 0 Å².